The first-order chi connectivity index (χ1) is 14.2. The molecule has 0 bridgehead atoms. The van der Waals surface area contributed by atoms with Crippen molar-refractivity contribution in [3.63, 3.8) is 0 Å². The van der Waals surface area contributed by atoms with Gasteiger partial charge in [0, 0.05) is 46.5 Å². The summed E-state index contributed by atoms with van der Waals surface area (Å²) in [6.45, 7) is 2.32. The first kappa shape index (κ1) is 18.0. The molecule has 0 unspecified atom stereocenters. The van der Waals surface area contributed by atoms with Crippen LogP contribution in [0.15, 0.2) is 79.0 Å². The highest BCUT2D eigenvalue weighted by atomic mass is 35.5. The molecule has 1 aliphatic rings. The lowest BCUT2D eigenvalue weighted by Crippen LogP contribution is -2.21. The number of halogens is 2. The Hall–Kier alpha value is -3.04. The van der Waals surface area contributed by atoms with E-state index in [-0.39, 0.29) is 5.82 Å². The molecule has 0 fully saturated rings. The Morgan fingerprint density at radius 2 is 1.69 bits per heavy atom. The molecule has 4 aromatic rings. The van der Waals surface area contributed by atoms with Crippen LogP contribution >= 0.6 is 11.6 Å². The maximum atomic E-state index is 13.2. The van der Waals surface area contributed by atoms with Crippen LogP contribution in [0.4, 0.5) is 4.39 Å². The largest absolute Gasteiger partial charge is 0.367 e. The molecule has 1 aromatic heterocycles. The number of nitrogens with zero attached hydrogens (tertiary/aromatic N) is 2. The topological polar surface area (TPSA) is 8.17 Å². The van der Waals surface area contributed by atoms with E-state index < -0.39 is 0 Å². The Balaban J connectivity index is 1.52. The maximum Gasteiger partial charge on any atom is 0.123 e. The molecule has 1 aliphatic heterocycles. The molecule has 0 amide bonds. The monoisotopic (exact) mass is 402 g/mol. The van der Waals surface area contributed by atoms with E-state index in [4.69, 9.17) is 11.6 Å². The van der Waals surface area contributed by atoms with Gasteiger partial charge in [-0.3, -0.25) is 0 Å². The lowest BCUT2D eigenvalue weighted by Gasteiger charge is -2.26. The van der Waals surface area contributed by atoms with Gasteiger partial charge in [-0.05, 0) is 47.5 Å². The van der Waals surface area contributed by atoms with Crippen molar-refractivity contribution in [3.05, 3.63) is 112 Å². The SMILES string of the molecule is Fc1ccc(CN2C=Cc3c(n(Cc4cccc(Cl)c4)c4ccccc34)C2)cc1. The number of para-hydroxylation sites is 1. The van der Waals surface area contributed by atoms with Gasteiger partial charge in [0.05, 0.1) is 6.54 Å². The Morgan fingerprint density at radius 1 is 0.862 bits per heavy atom. The molecule has 0 spiro atoms. The fourth-order valence-electron chi connectivity index (χ4n) is 4.10. The summed E-state index contributed by atoms with van der Waals surface area (Å²) in [6, 6.07) is 23.3. The zero-order chi connectivity index (χ0) is 19.8. The van der Waals surface area contributed by atoms with Gasteiger partial charge in [0.1, 0.15) is 5.82 Å². The maximum absolute atomic E-state index is 13.2. The van der Waals surface area contributed by atoms with Gasteiger partial charge in [-0.15, -0.1) is 0 Å². The summed E-state index contributed by atoms with van der Waals surface area (Å²) >= 11 is 6.22. The predicted molar refractivity (Wildman–Crippen MR) is 117 cm³/mol. The normalized spacial score (nSPS) is 13.1. The number of fused-ring (bicyclic) bond motifs is 3. The van der Waals surface area contributed by atoms with Crippen LogP contribution in [-0.2, 0) is 19.6 Å². The second kappa shape index (κ2) is 7.41. The number of rotatable bonds is 4. The molecule has 0 saturated carbocycles. The van der Waals surface area contributed by atoms with Crippen molar-refractivity contribution in [1.29, 1.82) is 0 Å². The summed E-state index contributed by atoms with van der Waals surface area (Å²) in [6.07, 6.45) is 4.33. The standard InChI is InChI=1S/C25H20ClFN2/c26-20-5-3-4-19(14-20)16-29-24-7-2-1-6-22(24)23-12-13-28(17-25(23)29)15-18-8-10-21(27)11-9-18/h1-14H,15-17H2. The van der Waals surface area contributed by atoms with E-state index in [0.717, 1.165) is 30.2 Å². The van der Waals surface area contributed by atoms with Crippen LogP contribution in [0.5, 0.6) is 0 Å². The molecule has 144 valence electrons. The summed E-state index contributed by atoms with van der Waals surface area (Å²) in [7, 11) is 0. The van der Waals surface area contributed by atoms with Gasteiger partial charge in [-0.1, -0.05) is 54.1 Å². The van der Waals surface area contributed by atoms with Crippen LogP contribution < -0.4 is 0 Å². The average Bonchev–Trinajstić information content (AvgIpc) is 3.03. The van der Waals surface area contributed by atoms with Crippen molar-refractivity contribution in [1.82, 2.24) is 9.47 Å². The van der Waals surface area contributed by atoms with Crippen molar-refractivity contribution in [3.8, 4) is 0 Å². The summed E-state index contributed by atoms with van der Waals surface area (Å²) in [5.41, 5.74) is 6.07. The van der Waals surface area contributed by atoms with Crippen LogP contribution in [0.3, 0.4) is 0 Å². The van der Waals surface area contributed by atoms with Gasteiger partial charge in [0.15, 0.2) is 0 Å². The summed E-state index contributed by atoms with van der Waals surface area (Å²) < 4.78 is 15.6. The minimum absolute atomic E-state index is 0.202. The number of benzene rings is 3. The van der Waals surface area contributed by atoms with E-state index in [9.17, 15) is 4.39 Å². The number of aromatic nitrogens is 1. The molecule has 0 radical (unpaired) electrons. The average molecular weight is 403 g/mol. The van der Waals surface area contributed by atoms with Crippen LogP contribution in [0.2, 0.25) is 5.02 Å². The summed E-state index contributed by atoms with van der Waals surface area (Å²) in [5.74, 6) is -0.202. The van der Waals surface area contributed by atoms with Gasteiger partial charge in [0.2, 0.25) is 0 Å². The Labute approximate surface area is 174 Å². The second-order valence-corrected chi connectivity index (χ2v) is 7.88. The minimum Gasteiger partial charge on any atom is -0.367 e. The van der Waals surface area contributed by atoms with Crippen molar-refractivity contribution >= 4 is 28.6 Å². The molecule has 0 aliphatic carbocycles. The molecule has 3 aromatic carbocycles. The van der Waals surface area contributed by atoms with Crippen molar-refractivity contribution in [2.75, 3.05) is 0 Å². The van der Waals surface area contributed by atoms with E-state index in [1.54, 1.807) is 0 Å². The number of hydrogen-bond donors (Lipinski definition) is 0. The molecule has 4 heteroatoms. The van der Waals surface area contributed by atoms with Gasteiger partial charge in [-0.25, -0.2) is 4.39 Å². The quantitative estimate of drug-likeness (QED) is 0.380. The number of hydrogen-bond acceptors (Lipinski definition) is 1. The third-order valence-electron chi connectivity index (χ3n) is 5.46. The molecule has 0 N–H and O–H groups in total. The highest BCUT2D eigenvalue weighted by Gasteiger charge is 2.20. The van der Waals surface area contributed by atoms with Gasteiger partial charge < -0.3 is 9.47 Å². The second-order valence-electron chi connectivity index (χ2n) is 7.44. The molecule has 0 atom stereocenters. The fraction of sp³-hybridized carbons (Fsp3) is 0.120. The van der Waals surface area contributed by atoms with Crippen LogP contribution in [-0.4, -0.2) is 9.47 Å². The van der Waals surface area contributed by atoms with Crippen molar-refractivity contribution in [2.45, 2.75) is 19.6 Å². The Kier molecular flexibility index (Phi) is 4.61. The molecule has 29 heavy (non-hydrogen) atoms. The first-order valence-corrected chi connectivity index (χ1v) is 10.1. The minimum atomic E-state index is -0.202. The lowest BCUT2D eigenvalue weighted by molar-refractivity contribution is 0.349. The predicted octanol–water partition coefficient (Wildman–Crippen LogP) is 6.47. The molecular formula is C25H20ClFN2. The third kappa shape index (κ3) is 3.54. The summed E-state index contributed by atoms with van der Waals surface area (Å²) in [5, 5.41) is 2.02. The third-order valence-corrected chi connectivity index (χ3v) is 5.69. The van der Waals surface area contributed by atoms with Crippen LogP contribution in [0.25, 0.3) is 17.0 Å². The smallest absolute Gasteiger partial charge is 0.123 e. The van der Waals surface area contributed by atoms with Gasteiger partial charge in [-0.2, -0.15) is 0 Å². The molecular weight excluding hydrogens is 383 g/mol. The van der Waals surface area contributed by atoms with Crippen LogP contribution in [0, 0.1) is 5.82 Å². The van der Waals surface area contributed by atoms with Crippen LogP contribution in [0.1, 0.15) is 22.4 Å². The highest BCUT2D eigenvalue weighted by Crippen LogP contribution is 2.32. The molecule has 0 saturated heterocycles. The van der Waals surface area contributed by atoms with Crippen molar-refractivity contribution < 1.29 is 4.39 Å². The van der Waals surface area contributed by atoms with E-state index in [2.05, 4.69) is 52.1 Å². The summed E-state index contributed by atoms with van der Waals surface area (Å²) in [4.78, 5) is 2.27. The Bertz CT molecular complexity index is 1210. The Morgan fingerprint density at radius 3 is 2.52 bits per heavy atom. The van der Waals surface area contributed by atoms with E-state index in [1.165, 1.54) is 39.9 Å². The van der Waals surface area contributed by atoms with E-state index in [1.807, 2.05) is 30.3 Å². The fourth-order valence-corrected chi connectivity index (χ4v) is 4.31. The first-order valence-electron chi connectivity index (χ1n) is 9.68. The van der Waals surface area contributed by atoms with Gasteiger partial charge >= 0.3 is 0 Å². The molecule has 5 rings (SSSR count). The van der Waals surface area contributed by atoms with E-state index in [0.29, 0.717) is 0 Å². The van der Waals surface area contributed by atoms with E-state index >= 15 is 0 Å². The zero-order valence-electron chi connectivity index (χ0n) is 15.9. The molecule has 2 heterocycles. The molecule has 2 nitrogen and oxygen atoms in total. The zero-order valence-corrected chi connectivity index (χ0v) is 16.6. The van der Waals surface area contributed by atoms with Crippen molar-refractivity contribution in [2.24, 2.45) is 0 Å². The lowest BCUT2D eigenvalue weighted by atomic mass is 10.1. The van der Waals surface area contributed by atoms with Gasteiger partial charge in [0.25, 0.3) is 0 Å². The highest BCUT2D eigenvalue weighted by molar-refractivity contribution is 6.30.